The standard InChI is InChI=1S/C11H15NO7/c1-3-4-10(17-7(2)13)18-11(16)19-12-8(14)5-6-9(12)15/h10H,3-6H2,1-2H3. The molecular weight excluding hydrogens is 258 g/mol. The minimum absolute atomic E-state index is 0.00551. The molecule has 8 heteroatoms. The summed E-state index contributed by atoms with van der Waals surface area (Å²) < 4.78 is 9.44. The summed E-state index contributed by atoms with van der Waals surface area (Å²) in [6, 6.07) is 0. The van der Waals surface area contributed by atoms with Gasteiger partial charge in [0.2, 0.25) is 0 Å². The number of hydrogen-bond donors (Lipinski definition) is 0. The highest BCUT2D eigenvalue weighted by Gasteiger charge is 2.34. The predicted molar refractivity (Wildman–Crippen MR) is 59.1 cm³/mol. The predicted octanol–water partition coefficient (Wildman–Crippen LogP) is 0.893. The molecule has 0 radical (unpaired) electrons. The van der Waals surface area contributed by atoms with Gasteiger partial charge in [-0.3, -0.25) is 19.2 Å². The fraction of sp³-hybridized carbons (Fsp3) is 0.636. The van der Waals surface area contributed by atoms with E-state index in [0.717, 1.165) is 0 Å². The minimum atomic E-state index is -1.26. The monoisotopic (exact) mass is 273 g/mol. The maximum atomic E-state index is 11.4. The molecule has 8 nitrogen and oxygen atoms in total. The Morgan fingerprint density at radius 2 is 1.79 bits per heavy atom. The summed E-state index contributed by atoms with van der Waals surface area (Å²) in [5.41, 5.74) is 0. The number of nitrogens with zero attached hydrogens (tertiary/aromatic N) is 1. The van der Waals surface area contributed by atoms with E-state index < -0.39 is 30.2 Å². The first-order chi connectivity index (χ1) is 8.93. The average Bonchev–Trinajstić information content (AvgIpc) is 2.60. The largest absolute Gasteiger partial charge is 0.537 e. The molecule has 19 heavy (non-hydrogen) atoms. The number of imide groups is 1. The summed E-state index contributed by atoms with van der Waals surface area (Å²) in [7, 11) is 0. The van der Waals surface area contributed by atoms with E-state index in [9.17, 15) is 19.2 Å². The van der Waals surface area contributed by atoms with E-state index in [1.165, 1.54) is 6.92 Å². The van der Waals surface area contributed by atoms with E-state index >= 15 is 0 Å². The van der Waals surface area contributed by atoms with Crippen molar-refractivity contribution in [2.45, 2.75) is 45.8 Å². The Labute approximate surface area is 109 Å². The summed E-state index contributed by atoms with van der Waals surface area (Å²) in [6.07, 6.45) is -1.47. The third kappa shape index (κ3) is 4.57. The highest BCUT2D eigenvalue weighted by atomic mass is 16.9. The number of esters is 1. The minimum Gasteiger partial charge on any atom is -0.425 e. The highest BCUT2D eigenvalue weighted by Crippen LogP contribution is 2.14. The number of amides is 2. The number of hydrogen-bond acceptors (Lipinski definition) is 7. The van der Waals surface area contributed by atoms with Crippen molar-refractivity contribution in [1.82, 2.24) is 5.06 Å². The average molecular weight is 273 g/mol. The Kier molecular flexibility index (Phi) is 5.28. The second-order valence-corrected chi connectivity index (χ2v) is 3.87. The molecule has 1 heterocycles. The number of hydroxylamine groups is 2. The van der Waals surface area contributed by atoms with Crippen molar-refractivity contribution in [3.8, 4) is 0 Å². The van der Waals surface area contributed by atoms with Crippen LogP contribution in [-0.4, -0.2) is 35.3 Å². The van der Waals surface area contributed by atoms with Gasteiger partial charge < -0.3 is 9.47 Å². The third-order valence-electron chi connectivity index (χ3n) is 2.22. The number of rotatable bonds is 5. The van der Waals surface area contributed by atoms with Crippen LogP contribution in [0.3, 0.4) is 0 Å². The van der Waals surface area contributed by atoms with Gasteiger partial charge in [-0.1, -0.05) is 12.0 Å². The van der Waals surface area contributed by atoms with E-state index in [4.69, 9.17) is 9.47 Å². The fourth-order valence-corrected chi connectivity index (χ4v) is 1.42. The van der Waals surface area contributed by atoms with Gasteiger partial charge >= 0.3 is 12.1 Å². The van der Waals surface area contributed by atoms with Crippen molar-refractivity contribution in [1.29, 1.82) is 0 Å². The molecule has 0 bridgehead atoms. The van der Waals surface area contributed by atoms with Gasteiger partial charge in [0.05, 0.1) is 0 Å². The second-order valence-electron chi connectivity index (χ2n) is 3.87. The summed E-state index contributed by atoms with van der Waals surface area (Å²) in [4.78, 5) is 49.0. The molecule has 0 saturated carbocycles. The first kappa shape index (κ1) is 14.9. The maximum Gasteiger partial charge on any atom is 0.537 e. The van der Waals surface area contributed by atoms with Crippen molar-refractivity contribution in [3.63, 3.8) is 0 Å². The zero-order valence-electron chi connectivity index (χ0n) is 10.7. The molecule has 1 aliphatic rings. The van der Waals surface area contributed by atoms with Gasteiger partial charge in [0.25, 0.3) is 18.1 Å². The lowest BCUT2D eigenvalue weighted by Crippen LogP contribution is -2.34. The summed E-state index contributed by atoms with van der Waals surface area (Å²) >= 11 is 0. The molecule has 1 unspecified atom stereocenters. The van der Waals surface area contributed by atoms with Crippen LogP contribution in [0.1, 0.15) is 39.5 Å². The molecule has 0 N–H and O–H groups in total. The van der Waals surface area contributed by atoms with Crippen molar-refractivity contribution in [3.05, 3.63) is 0 Å². The van der Waals surface area contributed by atoms with Crippen LogP contribution < -0.4 is 0 Å². The Hall–Kier alpha value is -2.12. The van der Waals surface area contributed by atoms with Crippen molar-refractivity contribution >= 4 is 23.9 Å². The Bertz CT molecular complexity index is 377. The molecule has 0 aromatic heterocycles. The second kappa shape index (κ2) is 6.72. The van der Waals surface area contributed by atoms with Gasteiger partial charge in [-0.15, -0.1) is 0 Å². The summed E-state index contributed by atoms with van der Waals surface area (Å²) in [5.74, 6) is -1.83. The van der Waals surface area contributed by atoms with Gasteiger partial charge in [0.1, 0.15) is 0 Å². The molecule has 0 aliphatic carbocycles. The smallest absolute Gasteiger partial charge is 0.425 e. The van der Waals surface area contributed by atoms with Crippen molar-refractivity contribution in [2.24, 2.45) is 0 Å². The Morgan fingerprint density at radius 3 is 2.26 bits per heavy atom. The topological polar surface area (TPSA) is 99.2 Å². The highest BCUT2D eigenvalue weighted by molar-refractivity contribution is 6.01. The van der Waals surface area contributed by atoms with Crippen LogP contribution in [0, 0.1) is 0 Å². The van der Waals surface area contributed by atoms with Gasteiger partial charge in [-0.25, -0.2) is 4.79 Å². The van der Waals surface area contributed by atoms with E-state index in [1.54, 1.807) is 6.92 Å². The molecule has 0 spiro atoms. The molecule has 1 fully saturated rings. The lowest BCUT2D eigenvalue weighted by Gasteiger charge is -2.18. The van der Waals surface area contributed by atoms with E-state index in [-0.39, 0.29) is 19.3 Å². The van der Waals surface area contributed by atoms with Crippen molar-refractivity contribution < 1.29 is 33.5 Å². The number of carbonyl (C=O) groups is 4. The first-order valence-electron chi connectivity index (χ1n) is 5.85. The molecule has 106 valence electrons. The zero-order chi connectivity index (χ0) is 14.4. The van der Waals surface area contributed by atoms with E-state index in [0.29, 0.717) is 11.5 Å². The SMILES string of the molecule is CCCC(OC(C)=O)OC(=O)ON1C(=O)CCC1=O. The van der Waals surface area contributed by atoms with Crippen LogP contribution in [0.2, 0.25) is 0 Å². The van der Waals surface area contributed by atoms with Crippen LogP contribution in [0.4, 0.5) is 4.79 Å². The molecule has 1 saturated heterocycles. The first-order valence-corrected chi connectivity index (χ1v) is 5.85. The van der Waals surface area contributed by atoms with Gasteiger partial charge in [0.15, 0.2) is 0 Å². The van der Waals surface area contributed by atoms with Crippen LogP contribution >= 0.6 is 0 Å². The summed E-state index contributed by atoms with van der Waals surface area (Å²) in [6.45, 7) is 2.98. The number of ether oxygens (including phenoxy) is 2. The van der Waals surface area contributed by atoms with E-state index in [2.05, 4.69) is 4.84 Å². The molecule has 2 amide bonds. The van der Waals surface area contributed by atoms with Crippen molar-refractivity contribution in [2.75, 3.05) is 0 Å². The van der Waals surface area contributed by atoms with Crippen LogP contribution in [0.5, 0.6) is 0 Å². The zero-order valence-corrected chi connectivity index (χ0v) is 10.7. The van der Waals surface area contributed by atoms with Crippen LogP contribution in [-0.2, 0) is 28.7 Å². The molecular formula is C11H15NO7. The van der Waals surface area contributed by atoms with Crippen LogP contribution in [0.15, 0.2) is 0 Å². The summed E-state index contributed by atoms with van der Waals surface area (Å²) in [5, 5.41) is 0.360. The lowest BCUT2D eigenvalue weighted by molar-refractivity contribution is -0.193. The van der Waals surface area contributed by atoms with Gasteiger partial charge in [-0.2, -0.15) is 0 Å². The third-order valence-corrected chi connectivity index (χ3v) is 2.22. The van der Waals surface area contributed by atoms with Gasteiger partial charge in [0, 0.05) is 26.2 Å². The Balaban J connectivity index is 2.50. The Morgan fingerprint density at radius 1 is 1.21 bits per heavy atom. The molecule has 0 aromatic rings. The molecule has 1 atom stereocenters. The van der Waals surface area contributed by atoms with Gasteiger partial charge in [-0.05, 0) is 6.42 Å². The van der Waals surface area contributed by atoms with Crippen LogP contribution in [0.25, 0.3) is 0 Å². The molecule has 1 rings (SSSR count). The lowest BCUT2D eigenvalue weighted by atomic mass is 10.3. The quantitative estimate of drug-likeness (QED) is 0.416. The van der Waals surface area contributed by atoms with E-state index in [1.807, 2.05) is 0 Å². The number of carbonyl (C=O) groups excluding carboxylic acids is 4. The normalized spacial score (nSPS) is 16.2. The molecule has 1 aliphatic heterocycles. The maximum absolute atomic E-state index is 11.4. The molecule has 0 aromatic carbocycles. The fourth-order valence-electron chi connectivity index (χ4n) is 1.42.